The molecule has 2 N–H and O–H groups in total. The maximum absolute atomic E-state index is 13.8. The summed E-state index contributed by atoms with van der Waals surface area (Å²) >= 11 is 4.82. The Morgan fingerprint density at radius 1 is 1.22 bits per heavy atom. The van der Waals surface area contributed by atoms with Crippen molar-refractivity contribution >= 4 is 23.2 Å². The fourth-order valence-electron chi connectivity index (χ4n) is 1.73. The van der Waals surface area contributed by atoms with Gasteiger partial charge in [-0.1, -0.05) is 12.1 Å². The third kappa shape index (κ3) is 4.28. The van der Waals surface area contributed by atoms with Crippen LogP contribution in [0.2, 0.25) is 0 Å². The lowest BCUT2D eigenvalue weighted by molar-refractivity contribution is -0.140. The van der Waals surface area contributed by atoms with Gasteiger partial charge in [0.2, 0.25) is 0 Å². The normalized spacial score (nSPS) is 11.1. The number of carbonyl (C=O) groups excluding carboxylic acids is 1. The van der Waals surface area contributed by atoms with Crippen LogP contribution < -0.4 is 10.6 Å². The molecule has 0 aliphatic heterocycles. The Morgan fingerprint density at radius 3 is 2.57 bits per heavy atom. The van der Waals surface area contributed by atoms with Gasteiger partial charge in [-0.2, -0.15) is 13.2 Å². The Labute approximate surface area is 133 Å². The second-order valence-electron chi connectivity index (χ2n) is 4.39. The van der Waals surface area contributed by atoms with Crippen LogP contribution >= 0.6 is 12.2 Å². The molecule has 0 bridgehead atoms. The lowest BCUT2D eigenvalue weighted by Gasteiger charge is -2.13. The molecule has 0 fully saturated rings. The van der Waals surface area contributed by atoms with Gasteiger partial charge >= 0.3 is 6.18 Å². The zero-order valence-electron chi connectivity index (χ0n) is 11.4. The Bertz CT molecular complexity index is 714. The first-order chi connectivity index (χ1) is 10.8. The van der Waals surface area contributed by atoms with Crippen LogP contribution in [0.5, 0.6) is 0 Å². The predicted octanol–water partition coefficient (Wildman–Crippen LogP) is 3.24. The van der Waals surface area contributed by atoms with Crippen LogP contribution in [0.4, 0.5) is 17.6 Å². The van der Waals surface area contributed by atoms with Crippen LogP contribution in [-0.4, -0.2) is 11.0 Å². The van der Waals surface area contributed by atoms with Crippen LogP contribution in [0.15, 0.2) is 41.0 Å². The van der Waals surface area contributed by atoms with E-state index in [2.05, 4.69) is 10.6 Å². The van der Waals surface area contributed by atoms with Gasteiger partial charge in [0.1, 0.15) is 5.82 Å². The first-order valence-corrected chi connectivity index (χ1v) is 6.67. The van der Waals surface area contributed by atoms with Gasteiger partial charge in [-0.05, 0) is 30.4 Å². The van der Waals surface area contributed by atoms with E-state index in [1.807, 2.05) is 0 Å². The number of alkyl halides is 3. The Kier molecular flexibility index (Phi) is 4.99. The molecular formula is C14H10F4N2O2S. The summed E-state index contributed by atoms with van der Waals surface area (Å²) in [6.45, 7) is -0.312. The van der Waals surface area contributed by atoms with Crippen LogP contribution in [0, 0.1) is 5.82 Å². The van der Waals surface area contributed by atoms with Crippen LogP contribution in [0.25, 0.3) is 0 Å². The summed E-state index contributed by atoms with van der Waals surface area (Å²) in [6, 6.07) is 5.84. The van der Waals surface area contributed by atoms with Crippen molar-refractivity contribution in [3.8, 4) is 0 Å². The van der Waals surface area contributed by atoms with Crippen molar-refractivity contribution in [2.24, 2.45) is 0 Å². The molecule has 0 saturated heterocycles. The van der Waals surface area contributed by atoms with Gasteiger partial charge in [0.15, 0.2) is 10.9 Å². The maximum Gasteiger partial charge on any atom is 0.419 e. The van der Waals surface area contributed by atoms with E-state index in [1.165, 1.54) is 24.5 Å². The SMILES string of the molecule is O=C(NC(=S)NCc1cccc(C(F)(F)F)c1F)c1ccco1. The van der Waals surface area contributed by atoms with E-state index >= 15 is 0 Å². The fraction of sp³-hybridized carbons (Fsp3) is 0.143. The number of nitrogens with one attached hydrogen (secondary N) is 2. The van der Waals surface area contributed by atoms with Crippen molar-refractivity contribution in [3.05, 3.63) is 59.3 Å². The molecule has 0 saturated carbocycles. The molecule has 1 aromatic heterocycles. The fourth-order valence-corrected chi connectivity index (χ4v) is 1.89. The highest BCUT2D eigenvalue weighted by molar-refractivity contribution is 7.80. The molecule has 0 aliphatic carbocycles. The van der Waals surface area contributed by atoms with Gasteiger partial charge in [-0.3, -0.25) is 10.1 Å². The number of thiocarbonyl (C=S) groups is 1. The molecule has 2 rings (SSSR count). The van der Waals surface area contributed by atoms with Gasteiger partial charge in [0.25, 0.3) is 5.91 Å². The van der Waals surface area contributed by atoms with Crippen molar-refractivity contribution in [1.82, 2.24) is 10.6 Å². The van der Waals surface area contributed by atoms with Gasteiger partial charge in [0.05, 0.1) is 11.8 Å². The molecule has 0 spiro atoms. The first kappa shape index (κ1) is 16.9. The second-order valence-corrected chi connectivity index (χ2v) is 4.80. The van der Waals surface area contributed by atoms with Gasteiger partial charge < -0.3 is 9.73 Å². The monoisotopic (exact) mass is 346 g/mol. The highest BCUT2D eigenvalue weighted by Crippen LogP contribution is 2.32. The van der Waals surface area contributed by atoms with E-state index in [0.29, 0.717) is 6.07 Å². The summed E-state index contributed by atoms with van der Waals surface area (Å²) in [6.07, 6.45) is -3.49. The van der Waals surface area contributed by atoms with Crippen LogP contribution in [0.1, 0.15) is 21.7 Å². The maximum atomic E-state index is 13.8. The lowest BCUT2D eigenvalue weighted by atomic mass is 10.1. The minimum Gasteiger partial charge on any atom is -0.459 e. The van der Waals surface area contributed by atoms with E-state index in [1.54, 1.807) is 0 Å². The van der Waals surface area contributed by atoms with Crippen molar-refractivity contribution in [1.29, 1.82) is 0 Å². The molecule has 23 heavy (non-hydrogen) atoms. The van der Waals surface area contributed by atoms with Crippen molar-refractivity contribution in [2.45, 2.75) is 12.7 Å². The van der Waals surface area contributed by atoms with Crippen molar-refractivity contribution in [2.75, 3.05) is 0 Å². The summed E-state index contributed by atoms with van der Waals surface area (Å²) < 4.78 is 56.5. The summed E-state index contributed by atoms with van der Waals surface area (Å²) in [5, 5.41) is 4.56. The highest BCUT2D eigenvalue weighted by atomic mass is 32.1. The second kappa shape index (κ2) is 6.78. The van der Waals surface area contributed by atoms with E-state index in [9.17, 15) is 22.4 Å². The lowest BCUT2D eigenvalue weighted by Crippen LogP contribution is -2.38. The molecule has 1 heterocycles. The predicted molar refractivity (Wildman–Crippen MR) is 77.0 cm³/mol. The molecule has 4 nitrogen and oxygen atoms in total. The van der Waals surface area contributed by atoms with E-state index < -0.39 is 23.5 Å². The van der Waals surface area contributed by atoms with Gasteiger partial charge in [-0.25, -0.2) is 4.39 Å². The molecule has 0 unspecified atom stereocenters. The summed E-state index contributed by atoms with van der Waals surface area (Å²) in [5.41, 5.74) is -1.59. The molecule has 122 valence electrons. The van der Waals surface area contributed by atoms with E-state index in [4.69, 9.17) is 16.6 Å². The Morgan fingerprint density at radius 2 is 1.96 bits per heavy atom. The number of furan rings is 1. The molecule has 2 aromatic rings. The minimum absolute atomic E-state index is 0.0133. The summed E-state index contributed by atoms with van der Waals surface area (Å²) in [4.78, 5) is 11.6. The average molecular weight is 346 g/mol. The third-order valence-electron chi connectivity index (χ3n) is 2.80. The molecule has 0 radical (unpaired) electrons. The zero-order chi connectivity index (χ0) is 17.0. The van der Waals surface area contributed by atoms with Crippen LogP contribution in [0.3, 0.4) is 0 Å². The molecular weight excluding hydrogens is 336 g/mol. The number of halogens is 4. The number of rotatable bonds is 3. The standard InChI is InChI=1S/C14H10F4N2O2S/c15-11-8(3-1-4-9(11)14(16,17)18)7-19-13(23)20-12(21)10-5-2-6-22-10/h1-6H,7H2,(H2,19,20,21,23). The van der Waals surface area contributed by atoms with Crippen LogP contribution in [-0.2, 0) is 12.7 Å². The largest absolute Gasteiger partial charge is 0.459 e. The van der Waals surface area contributed by atoms with E-state index in [0.717, 1.165) is 6.07 Å². The summed E-state index contributed by atoms with van der Waals surface area (Å²) in [7, 11) is 0. The zero-order valence-corrected chi connectivity index (χ0v) is 12.2. The van der Waals surface area contributed by atoms with Gasteiger partial charge in [-0.15, -0.1) is 0 Å². The van der Waals surface area contributed by atoms with Crippen molar-refractivity contribution in [3.63, 3.8) is 0 Å². The molecule has 0 atom stereocenters. The molecule has 9 heteroatoms. The number of amides is 1. The quantitative estimate of drug-likeness (QED) is 0.662. The molecule has 1 aromatic carbocycles. The Hall–Kier alpha value is -2.42. The topological polar surface area (TPSA) is 54.3 Å². The first-order valence-electron chi connectivity index (χ1n) is 6.26. The minimum atomic E-state index is -4.78. The van der Waals surface area contributed by atoms with Crippen molar-refractivity contribution < 1.29 is 26.8 Å². The average Bonchev–Trinajstić information content (AvgIpc) is 2.99. The number of benzene rings is 1. The van der Waals surface area contributed by atoms with E-state index in [-0.39, 0.29) is 23.0 Å². The smallest absolute Gasteiger partial charge is 0.419 e. The number of hydrogen-bond acceptors (Lipinski definition) is 3. The molecule has 0 aliphatic rings. The number of carbonyl (C=O) groups is 1. The Balaban J connectivity index is 1.98. The summed E-state index contributed by atoms with van der Waals surface area (Å²) in [5.74, 6) is -2.00. The number of hydrogen-bond donors (Lipinski definition) is 2. The molecule has 1 amide bonds. The third-order valence-corrected chi connectivity index (χ3v) is 3.04. The van der Waals surface area contributed by atoms with Gasteiger partial charge in [0, 0.05) is 12.1 Å². The highest BCUT2D eigenvalue weighted by Gasteiger charge is 2.34.